The third-order valence-electron chi connectivity index (χ3n) is 6.32. The summed E-state index contributed by atoms with van der Waals surface area (Å²) < 4.78 is 4.64. The van der Waals surface area contributed by atoms with Crippen LogP contribution < -0.4 is 5.32 Å². The standard InChI is InChI=1S/C24H23NO.C6H12O2/c1-15-8-4-6-10-18(15)23-16(2)20-12-17-9-5-7-11-19(17)24(20)22(14-26)21(23)13-25-3;1-3-5-6(7)8-4-2/h4-11,14,25H,12-13H2,1-3H3;3-5H2,1-2H3. The zero-order valence-corrected chi connectivity index (χ0v) is 21.0. The number of carbonyl (C=O) groups excluding carboxylic acids is 2. The zero-order valence-electron chi connectivity index (χ0n) is 21.0. The topological polar surface area (TPSA) is 55.4 Å². The third kappa shape index (κ3) is 5.13. The predicted octanol–water partition coefficient (Wildman–Crippen LogP) is 6.42. The summed E-state index contributed by atoms with van der Waals surface area (Å²) in [5.74, 6) is -0.0880. The molecular formula is C30H35NO3. The van der Waals surface area contributed by atoms with Crippen molar-refractivity contribution in [2.24, 2.45) is 0 Å². The number of hydrogen-bond donors (Lipinski definition) is 1. The minimum atomic E-state index is -0.0880. The van der Waals surface area contributed by atoms with Crippen LogP contribution >= 0.6 is 0 Å². The number of hydrogen-bond acceptors (Lipinski definition) is 4. The van der Waals surface area contributed by atoms with Crippen molar-refractivity contribution in [1.29, 1.82) is 0 Å². The summed E-state index contributed by atoms with van der Waals surface area (Å²) in [6.45, 7) is 9.29. The fourth-order valence-electron chi connectivity index (χ4n) is 4.80. The molecule has 3 aromatic rings. The predicted molar refractivity (Wildman–Crippen MR) is 139 cm³/mol. The van der Waals surface area contributed by atoms with Crippen LogP contribution in [0.2, 0.25) is 0 Å². The maximum atomic E-state index is 12.2. The Morgan fingerprint density at radius 2 is 1.68 bits per heavy atom. The molecule has 0 unspecified atom stereocenters. The molecule has 4 heteroatoms. The molecule has 34 heavy (non-hydrogen) atoms. The summed E-state index contributed by atoms with van der Waals surface area (Å²) in [4.78, 5) is 22.6. The lowest BCUT2D eigenvalue weighted by Crippen LogP contribution is -2.12. The lowest BCUT2D eigenvalue weighted by molar-refractivity contribution is -0.143. The molecule has 0 saturated heterocycles. The summed E-state index contributed by atoms with van der Waals surface area (Å²) >= 11 is 0. The van der Waals surface area contributed by atoms with E-state index >= 15 is 0 Å². The molecule has 0 aromatic heterocycles. The second-order valence-electron chi connectivity index (χ2n) is 8.60. The molecule has 0 atom stereocenters. The number of aldehydes is 1. The van der Waals surface area contributed by atoms with Gasteiger partial charge in [-0.25, -0.2) is 0 Å². The van der Waals surface area contributed by atoms with Gasteiger partial charge in [0, 0.05) is 18.5 Å². The van der Waals surface area contributed by atoms with Crippen molar-refractivity contribution in [3.05, 3.63) is 81.9 Å². The number of aryl methyl sites for hydroxylation is 1. The maximum Gasteiger partial charge on any atom is 0.305 e. The van der Waals surface area contributed by atoms with Gasteiger partial charge in [0.15, 0.2) is 6.29 Å². The van der Waals surface area contributed by atoms with E-state index in [1.165, 1.54) is 38.9 Å². The lowest BCUT2D eigenvalue weighted by Gasteiger charge is -2.21. The summed E-state index contributed by atoms with van der Waals surface area (Å²) in [5, 5.41) is 3.27. The number of nitrogens with one attached hydrogen (secondary N) is 1. The van der Waals surface area contributed by atoms with Gasteiger partial charge in [0.05, 0.1) is 6.61 Å². The second kappa shape index (κ2) is 11.8. The van der Waals surface area contributed by atoms with Gasteiger partial charge < -0.3 is 10.1 Å². The molecule has 0 saturated carbocycles. The molecule has 3 aromatic carbocycles. The number of fused-ring (bicyclic) bond motifs is 3. The Morgan fingerprint density at radius 3 is 2.29 bits per heavy atom. The Hall–Kier alpha value is -3.24. The van der Waals surface area contributed by atoms with Gasteiger partial charge >= 0.3 is 5.97 Å². The molecule has 0 bridgehead atoms. The Bertz CT molecular complexity index is 1170. The van der Waals surface area contributed by atoms with Crippen LogP contribution in [0.4, 0.5) is 0 Å². The first-order chi connectivity index (χ1) is 16.5. The van der Waals surface area contributed by atoms with Gasteiger partial charge in [0.2, 0.25) is 0 Å². The monoisotopic (exact) mass is 457 g/mol. The number of benzene rings is 3. The first kappa shape index (κ1) is 25.4. The normalized spacial score (nSPS) is 11.2. The van der Waals surface area contributed by atoms with E-state index in [9.17, 15) is 9.59 Å². The van der Waals surface area contributed by atoms with E-state index in [1.54, 1.807) is 0 Å². The van der Waals surface area contributed by atoms with Crippen molar-refractivity contribution in [3.8, 4) is 22.3 Å². The van der Waals surface area contributed by atoms with Gasteiger partial charge in [-0.05, 0) is 90.7 Å². The van der Waals surface area contributed by atoms with Crippen LogP contribution in [0, 0.1) is 13.8 Å². The van der Waals surface area contributed by atoms with Gasteiger partial charge in [0.1, 0.15) is 0 Å². The average Bonchev–Trinajstić information content (AvgIpc) is 3.22. The van der Waals surface area contributed by atoms with Crippen molar-refractivity contribution in [3.63, 3.8) is 0 Å². The van der Waals surface area contributed by atoms with Gasteiger partial charge in [-0.2, -0.15) is 0 Å². The molecule has 1 aliphatic rings. The highest BCUT2D eigenvalue weighted by Gasteiger charge is 2.28. The van der Waals surface area contributed by atoms with E-state index in [0.29, 0.717) is 19.6 Å². The summed E-state index contributed by atoms with van der Waals surface area (Å²) in [6, 6.07) is 16.9. The highest BCUT2D eigenvalue weighted by Crippen LogP contribution is 2.46. The fraction of sp³-hybridized carbons (Fsp3) is 0.333. The number of esters is 1. The van der Waals surface area contributed by atoms with E-state index in [4.69, 9.17) is 0 Å². The smallest absolute Gasteiger partial charge is 0.305 e. The Kier molecular flexibility index (Phi) is 8.78. The lowest BCUT2D eigenvalue weighted by atomic mass is 9.83. The van der Waals surface area contributed by atoms with Crippen LogP contribution in [0.1, 0.15) is 64.9 Å². The first-order valence-electron chi connectivity index (χ1n) is 12.1. The summed E-state index contributed by atoms with van der Waals surface area (Å²) in [5.41, 5.74) is 11.9. The van der Waals surface area contributed by atoms with E-state index in [0.717, 1.165) is 35.8 Å². The molecule has 0 spiro atoms. The SMILES string of the molecule is CCCC(=O)OCC.CNCc1c(C=O)c2c(c(C)c1-c1ccccc1C)Cc1ccccc1-2. The van der Waals surface area contributed by atoms with E-state index in [1.807, 2.05) is 20.9 Å². The quantitative estimate of drug-likeness (QED) is 0.257. The van der Waals surface area contributed by atoms with Crippen LogP contribution in [-0.4, -0.2) is 25.9 Å². The van der Waals surface area contributed by atoms with Crippen LogP contribution in [0.5, 0.6) is 0 Å². The zero-order chi connectivity index (χ0) is 24.7. The first-order valence-corrected chi connectivity index (χ1v) is 12.1. The molecule has 0 radical (unpaired) electrons. The van der Waals surface area contributed by atoms with Gasteiger partial charge in [0.25, 0.3) is 0 Å². The second-order valence-corrected chi connectivity index (χ2v) is 8.60. The molecule has 0 heterocycles. The van der Waals surface area contributed by atoms with E-state index < -0.39 is 0 Å². The van der Waals surface area contributed by atoms with Crippen molar-refractivity contribution in [1.82, 2.24) is 5.32 Å². The van der Waals surface area contributed by atoms with Crippen molar-refractivity contribution < 1.29 is 14.3 Å². The van der Waals surface area contributed by atoms with Crippen molar-refractivity contribution in [2.45, 2.75) is 53.5 Å². The van der Waals surface area contributed by atoms with E-state index in [-0.39, 0.29) is 5.97 Å². The van der Waals surface area contributed by atoms with Crippen LogP contribution in [0.15, 0.2) is 48.5 Å². The Labute approximate surface area is 203 Å². The minimum Gasteiger partial charge on any atom is -0.466 e. The van der Waals surface area contributed by atoms with Crippen molar-refractivity contribution in [2.75, 3.05) is 13.7 Å². The van der Waals surface area contributed by atoms with Crippen molar-refractivity contribution >= 4 is 12.3 Å². The molecule has 4 rings (SSSR count). The molecule has 1 aliphatic carbocycles. The van der Waals surface area contributed by atoms with Crippen LogP contribution in [-0.2, 0) is 22.5 Å². The van der Waals surface area contributed by atoms with Gasteiger partial charge in [-0.3, -0.25) is 9.59 Å². The number of rotatable bonds is 7. The third-order valence-corrected chi connectivity index (χ3v) is 6.32. The number of carbonyl (C=O) groups is 2. The Morgan fingerprint density at radius 1 is 1.00 bits per heavy atom. The molecule has 1 N–H and O–H groups in total. The molecular weight excluding hydrogens is 422 g/mol. The highest BCUT2D eigenvalue weighted by atomic mass is 16.5. The summed E-state index contributed by atoms with van der Waals surface area (Å²) in [7, 11) is 1.94. The van der Waals surface area contributed by atoms with E-state index in [2.05, 4.69) is 72.4 Å². The molecule has 4 nitrogen and oxygen atoms in total. The molecule has 0 fully saturated rings. The fourth-order valence-corrected chi connectivity index (χ4v) is 4.80. The molecule has 0 amide bonds. The summed E-state index contributed by atoms with van der Waals surface area (Å²) in [6.07, 6.45) is 3.37. The maximum absolute atomic E-state index is 12.2. The van der Waals surface area contributed by atoms with Gasteiger partial charge in [-0.1, -0.05) is 55.5 Å². The van der Waals surface area contributed by atoms with Crippen LogP contribution in [0.25, 0.3) is 22.3 Å². The van der Waals surface area contributed by atoms with Crippen LogP contribution in [0.3, 0.4) is 0 Å². The van der Waals surface area contributed by atoms with Gasteiger partial charge in [-0.15, -0.1) is 0 Å². The minimum absolute atomic E-state index is 0.0880. The average molecular weight is 458 g/mol. The largest absolute Gasteiger partial charge is 0.466 e. The molecule has 178 valence electrons. The Balaban J connectivity index is 0.000000350. The highest BCUT2D eigenvalue weighted by molar-refractivity contribution is 5.99. The molecule has 0 aliphatic heterocycles. The number of ether oxygens (including phenoxy) is 1.